The molecule has 0 amide bonds. The van der Waals surface area contributed by atoms with Crippen LogP contribution in [0, 0.1) is 25.0 Å². The molecule has 1 radical (unpaired) electrons. The molecule has 1 aliphatic rings. The van der Waals surface area contributed by atoms with Crippen LogP contribution in [0.15, 0.2) is 116 Å². The van der Waals surface area contributed by atoms with Gasteiger partial charge in [-0.15, -0.1) is 23.8 Å². The Morgan fingerprint density at radius 1 is 0.796 bits per heavy atom. The molecule has 49 heavy (non-hydrogen) atoms. The van der Waals surface area contributed by atoms with Gasteiger partial charge < -0.3 is 4.98 Å². The van der Waals surface area contributed by atoms with Crippen molar-refractivity contribution in [2.24, 2.45) is 5.92 Å². The van der Waals surface area contributed by atoms with E-state index in [4.69, 9.17) is 4.98 Å². The molecule has 0 N–H and O–H groups in total. The van der Waals surface area contributed by atoms with E-state index >= 15 is 0 Å². The van der Waals surface area contributed by atoms with Crippen LogP contribution in [0.2, 0.25) is 17.3 Å². The number of pyridine rings is 2. The van der Waals surface area contributed by atoms with E-state index in [9.17, 15) is 0 Å². The second-order valence-corrected chi connectivity index (χ2v) is 25.7. The van der Waals surface area contributed by atoms with Gasteiger partial charge in [-0.3, -0.25) is 0 Å². The minimum absolute atomic E-state index is 0. The van der Waals surface area contributed by atoms with Crippen LogP contribution in [0.4, 0.5) is 0 Å². The largest absolute Gasteiger partial charge is 0.305 e. The molecule has 7 aromatic rings. The van der Waals surface area contributed by atoms with Gasteiger partial charge in [0.05, 0.1) is 0 Å². The number of hydrogen-bond donors (Lipinski definition) is 0. The minimum Gasteiger partial charge on any atom is -0.305 e. The summed E-state index contributed by atoms with van der Waals surface area (Å²) in [6.07, 6.45) is 10.8. The van der Waals surface area contributed by atoms with E-state index in [1.807, 2.05) is 35.7 Å². The van der Waals surface area contributed by atoms with Gasteiger partial charge >= 0.3 is 106 Å². The Hall–Kier alpha value is -3.41. The zero-order chi connectivity index (χ0) is 33.1. The van der Waals surface area contributed by atoms with Gasteiger partial charge in [0.1, 0.15) is 0 Å². The van der Waals surface area contributed by atoms with E-state index < -0.39 is 13.3 Å². The average molecular weight is 896 g/mol. The summed E-state index contributed by atoms with van der Waals surface area (Å²) in [6, 6.07) is 43.0. The predicted molar refractivity (Wildman–Crippen MR) is 209 cm³/mol. The molecule has 0 saturated heterocycles. The molecule has 0 unspecified atom stereocenters. The Morgan fingerprint density at radius 3 is 2.33 bits per heavy atom. The number of nitrogens with zero attached hydrogens (tertiary/aromatic N) is 2. The Bertz CT molecular complexity index is 2160. The third kappa shape index (κ3) is 7.99. The first-order valence-corrected chi connectivity index (χ1v) is 25.3. The van der Waals surface area contributed by atoms with Crippen molar-refractivity contribution in [3.05, 3.63) is 139 Å². The standard InChI is InChI=1S/C29H24NS.C15H18GeN.Ir/c1-2-10-22(11-3-1)23-12-7-15-27-28(23)25-14-6-13-24(29(25)31-27)26-19-21(16-17-30-26)18-20-8-4-5-9-20;1-12-10-15(13-8-6-5-7-9-13)17-11-14(12)16(2,3)4;/h1-3,6-7,10-12,14-17,19-20H,4-5,8-9,18H2;5-8,10-11H,1-4H3;/q2*-1;. The summed E-state index contributed by atoms with van der Waals surface area (Å²) in [5.41, 5.74) is 9.62. The number of aryl methyl sites for hydroxylation is 1. The van der Waals surface area contributed by atoms with Crippen LogP contribution < -0.4 is 4.40 Å². The normalized spacial score (nSPS) is 13.2. The van der Waals surface area contributed by atoms with Crippen molar-refractivity contribution in [3.63, 3.8) is 0 Å². The molecule has 0 spiro atoms. The van der Waals surface area contributed by atoms with Crippen LogP contribution in [-0.4, -0.2) is 23.2 Å². The van der Waals surface area contributed by atoms with Crippen molar-refractivity contribution in [2.75, 3.05) is 0 Å². The number of benzene rings is 4. The van der Waals surface area contributed by atoms with Gasteiger partial charge in [0.25, 0.3) is 0 Å². The molecule has 1 fully saturated rings. The van der Waals surface area contributed by atoms with Crippen LogP contribution in [0.25, 0.3) is 53.8 Å². The van der Waals surface area contributed by atoms with Crippen molar-refractivity contribution < 1.29 is 20.1 Å². The number of fused-ring (bicyclic) bond motifs is 3. The number of aromatic nitrogens is 2. The van der Waals surface area contributed by atoms with Crippen LogP contribution in [0.5, 0.6) is 0 Å². The van der Waals surface area contributed by atoms with Crippen molar-refractivity contribution >= 4 is 49.2 Å². The fourth-order valence-electron chi connectivity index (χ4n) is 7.17. The van der Waals surface area contributed by atoms with Crippen LogP contribution in [0.1, 0.15) is 36.8 Å². The molecule has 3 aromatic heterocycles. The third-order valence-electron chi connectivity index (χ3n) is 9.53. The van der Waals surface area contributed by atoms with Crippen LogP contribution >= 0.6 is 11.3 Å². The van der Waals surface area contributed by atoms with E-state index in [0.29, 0.717) is 0 Å². The van der Waals surface area contributed by atoms with E-state index in [1.54, 1.807) is 0 Å². The van der Waals surface area contributed by atoms with Gasteiger partial charge in [-0.2, -0.15) is 11.3 Å². The van der Waals surface area contributed by atoms with Gasteiger partial charge in [-0.05, 0) is 51.4 Å². The molecule has 5 heteroatoms. The maximum atomic E-state index is 4.76. The van der Waals surface area contributed by atoms with Gasteiger partial charge in [0, 0.05) is 31.0 Å². The monoisotopic (exact) mass is 897 g/mol. The zero-order valence-electron chi connectivity index (χ0n) is 28.7. The summed E-state index contributed by atoms with van der Waals surface area (Å²) in [5, 5.41) is 2.64. The fraction of sp³-hybridized carbons (Fsp3) is 0.227. The summed E-state index contributed by atoms with van der Waals surface area (Å²) in [5.74, 6) is 8.04. The topological polar surface area (TPSA) is 25.8 Å². The maximum Gasteiger partial charge on any atom is 0.0245 e. The fourth-order valence-corrected chi connectivity index (χ4v) is 12.0. The molecular weight excluding hydrogens is 853 g/mol. The molecule has 3 heterocycles. The van der Waals surface area contributed by atoms with E-state index in [-0.39, 0.29) is 20.1 Å². The first-order valence-electron chi connectivity index (χ1n) is 17.2. The van der Waals surface area contributed by atoms with E-state index in [1.165, 1.54) is 78.9 Å². The van der Waals surface area contributed by atoms with Crippen molar-refractivity contribution in [3.8, 4) is 33.6 Å². The van der Waals surface area contributed by atoms with E-state index in [0.717, 1.165) is 28.4 Å². The molecule has 0 atom stereocenters. The Kier molecular flexibility index (Phi) is 11.3. The van der Waals surface area contributed by atoms with Crippen molar-refractivity contribution in [2.45, 2.75) is 56.3 Å². The predicted octanol–water partition coefficient (Wildman–Crippen LogP) is 11.7. The Balaban J connectivity index is 0.000000198. The molecule has 4 aromatic carbocycles. The van der Waals surface area contributed by atoms with E-state index in [2.05, 4.69) is 132 Å². The third-order valence-corrected chi connectivity index (χ3v) is 15.2. The maximum absolute atomic E-state index is 4.76. The molecule has 1 saturated carbocycles. The van der Waals surface area contributed by atoms with Crippen LogP contribution in [0.3, 0.4) is 0 Å². The first kappa shape index (κ1) is 35.4. The molecule has 2 nitrogen and oxygen atoms in total. The van der Waals surface area contributed by atoms with Gasteiger partial charge in [-0.25, -0.2) is 0 Å². The minimum atomic E-state index is -1.77. The molecule has 8 rings (SSSR count). The number of hydrogen-bond acceptors (Lipinski definition) is 3. The smallest absolute Gasteiger partial charge is 0.0245 e. The summed E-state index contributed by atoms with van der Waals surface area (Å²) in [7, 11) is 0. The summed E-state index contributed by atoms with van der Waals surface area (Å²) in [6.45, 7) is 2.19. The van der Waals surface area contributed by atoms with Gasteiger partial charge in [0.15, 0.2) is 0 Å². The second kappa shape index (κ2) is 15.6. The Morgan fingerprint density at radius 2 is 1.59 bits per heavy atom. The molecule has 0 aliphatic heterocycles. The quantitative estimate of drug-likeness (QED) is 0.123. The molecule has 1 aliphatic carbocycles. The van der Waals surface area contributed by atoms with Gasteiger partial charge in [-0.1, -0.05) is 85.2 Å². The average Bonchev–Trinajstić information content (AvgIpc) is 3.77. The summed E-state index contributed by atoms with van der Waals surface area (Å²) < 4.78 is 4.09. The summed E-state index contributed by atoms with van der Waals surface area (Å²) in [4.78, 5) is 9.35. The molecule has 249 valence electrons. The summed E-state index contributed by atoms with van der Waals surface area (Å²) >= 11 is 0.0869. The second-order valence-electron chi connectivity index (χ2n) is 14.1. The first-order chi connectivity index (χ1) is 23.3. The SMILES string of the molecule is Cc1cc(-c2[c-]cccc2)nc[c]1[Ge]([CH3])([CH3])[CH3].[Ir].[c-]1ccc2c(sc3cccc(-c4ccccc4)c32)c1-c1cc(CC2CCCC2)ccn1. The zero-order valence-corrected chi connectivity index (χ0v) is 34.0. The number of thiophene rings is 1. The van der Waals surface area contributed by atoms with Gasteiger partial charge in [0.2, 0.25) is 0 Å². The van der Waals surface area contributed by atoms with Crippen molar-refractivity contribution in [1.29, 1.82) is 0 Å². The molecular formula is C44H42GeIrN2S-2. The number of rotatable bonds is 6. The van der Waals surface area contributed by atoms with Crippen LogP contribution in [-0.2, 0) is 26.5 Å². The molecule has 0 bridgehead atoms. The van der Waals surface area contributed by atoms with Crippen molar-refractivity contribution in [1.82, 2.24) is 9.97 Å². The Labute approximate surface area is 311 Å².